The van der Waals surface area contributed by atoms with E-state index in [1.165, 1.54) is 12.1 Å². The summed E-state index contributed by atoms with van der Waals surface area (Å²) in [5.41, 5.74) is 1.17. The fourth-order valence-electron chi connectivity index (χ4n) is 1.47. The molecule has 0 fully saturated rings. The number of pyridine rings is 1. The standard InChI is InChI=1S/C12H11N2O2.ClH/c15-14(16)12-6-4-11(5-7-12)10-13-8-2-1-3-9-13;/h1-9H,10H2;1H/q+1;. The van der Waals surface area contributed by atoms with Crippen LogP contribution in [-0.4, -0.2) is 4.92 Å². The summed E-state index contributed by atoms with van der Waals surface area (Å²) < 4.78 is 2.02. The van der Waals surface area contributed by atoms with Crippen LogP contribution in [0.3, 0.4) is 0 Å². The molecule has 0 spiro atoms. The minimum atomic E-state index is -0.389. The summed E-state index contributed by atoms with van der Waals surface area (Å²) in [5, 5.41) is 10.5. The van der Waals surface area contributed by atoms with Crippen molar-refractivity contribution in [2.45, 2.75) is 6.54 Å². The topological polar surface area (TPSA) is 47.0 Å². The zero-order chi connectivity index (χ0) is 11.4. The fraction of sp³-hybridized carbons (Fsp3) is 0.0833. The molecule has 2 aromatic rings. The molecule has 1 aromatic heterocycles. The summed E-state index contributed by atoms with van der Waals surface area (Å²) in [6.07, 6.45) is 3.92. The van der Waals surface area contributed by atoms with Gasteiger partial charge in [0.05, 0.1) is 4.92 Å². The molecule has 5 heteroatoms. The average molecular weight is 252 g/mol. The lowest BCUT2D eigenvalue weighted by Crippen LogP contribution is -2.32. The third kappa shape index (κ3) is 3.53. The minimum absolute atomic E-state index is 0. The van der Waals surface area contributed by atoms with Gasteiger partial charge in [0.25, 0.3) is 5.69 Å². The number of halogens is 1. The van der Waals surface area contributed by atoms with E-state index in [1.54, 1.807) is 12.1 Å². The summed E-state index contributed by atoms with van der Waals surface area (Å²) in [6.45, 7) is 0.721. The van der Waals surface area contributed by atoms with Crippen molar-refractivity contribution in [3.63, 3.8) is 0 Å². The van der Waals surface area contributed by atoms with Gasteiger partial charge in [-0.25, -0.2) is 4.57 Å². The van der Waals surface area contributed by atoms with Gasteiger partial charge in [-0.15, -0.1) is 12.4 Å². The van der Waals surface area contributed by atoms with Crippen LogP contribution in [0, 0.1) is 10.1 Å². The molecule has 0 bridgehead atoms. The predicted molar refractivity (Wildman–Crippen MR) is 66.1 cm³/mol. The number of benzene rings is 1. The zero-order valence-corrected chi connectivity index (χ0v) is 9.84. The first-order chi connectivity index (χ1) is 7.75. The molecule has 0 unspecified atom stereocenters. The van der Waals surface area contributed by atoms with Gasteiger partial charge in [0.15, 0.2) is 18.9 Å². The van der Waals surface area contributed by atoms with Crippen molar-refractivity contribution in [3.05, 3.63) is 70.5 Å². The molecule has 1 aromatic carbocycles. The van der Waals surface area contributed by atoms with Crippen LogP contribution in [0.4, 0.5) is 5.69 Å². The van der Waals surface area contributed by atoms with Gasteiger partial charge >= 0.3 is 0 Å². The minimum Gasteiger partial charge on any atom is -0.258 e. The van der Waals surface area contributed by atoms with Gasteiger partial charge in [0.2, 0.25) is 0 Å². The van der Waals surface area contributed by atoms with Gasteiger partial charge in [0.1, 0.15) is 0 Å². The Hall–Kier alpha value is -1.94. The van der Waals surface area contributed by atoms with Crippen molar-refractivity contribution in [3.8, 4) is 0 Å². The Balaban J connectivity index is 0.00000144. The molecular formula is C12H12ClN2O2+. The molecule has 88 valence electrons. The molecule has 17 heavy (non-hydrogen) atoms. The van der Waals surface area contributed by atoms with E-state index in [0.717, 1.165) is 12.1 Å². The van der Waals surface area contributed by atoms with E-state index in [0.29, 0.717) is 0 Å². The molecule has 0 aliphatic rings. The van der Waals surface area contributed by atoms with E-state index in [4.69, 9.17) is 0 Å². The molecule has 4 nitrogen and oxygen atoms in total. The Morgan fingerprint density at radius 3 is 2.18 bits per heavy atom. The zero-order valence-electron chi connectivity index (χ0n) is 9.02. The molecule has 0 aliphatic heterocycles. The number of hydrogen-bond acceptors (Lipinski definition) is 2. The Morgan fingerprint density at radius 1 is 1.06 bits per heavy atom. The Bertz CT molecular complexity index is 486. The number of rotatable bonds is 3. The highest BCUT2D eigenvalue weighted by Crippen LogP contribution is 2.11. The van der Waals surface area contributed by atoms with Crippen molar-refractivity contribution in [1.82, 2.24) is 0 Å². The van der Waals surface area contributed by atoms with E-state index in [9.17, 15) is 10.1 Å². The van der Waals surface area contributed by atoms with Crippen molar-refractivity contribution in [1.29, 1.82) is 0 Å². The van der Waals surface area contributed by atoms with Gasteiger partial charge in [-0.3, -0.25) is 10.1 Å². The number of hydrogen-bond donors (Lipinski definition) is 0. The van der Waals surface area contributed by atoms with Crippen LogP contribution in [-0.2, 0) is 6.54 Å². The van der Waals surface area contributed by atoms with Crippen LogP contribution >= 0.6 is 12.4 Å². The third-order valence-corrected chi connectivity index (χ3v) is 2.29. The lowest BCUT2D eigenvalue weighted by atomic mass is 10.2. The van der Waals surface area contributed by atoms with Gasteiger partial charge in [-0.05, 0) is 12.1 Å². The van der Waals surface area contributed by atoms with Gasteiger partial charge in [-0.1, -0.05) is 6.07 Å². The number of nitrogens with zero attached hydrogens (tertiary/aromatic N) is 2. The maximum atomic E-state index is 10.5. The van der Waals surface area contributed by atoms with E-state index >= 15 is 0 Å². The molecule has 1 heterocycles. The first kappa shape index (κ1) is 13.1. The molecule has 0 saturated heterocycles. The van der Waals surface area contributed by atoms with Crippen molar-refractivity contribution in [2.75, 3.05) is 0 Å². The first-order valence-electron chi connectivity index (χ1n) is 4.93. The van der Waals surface area contributed by atoms with Crippen LogP contribution in [0.25, 0.3) is 0 Å². The molecule has 0 aliphatic carbocycles. The molecule has 0 radical (unpaired) electrons. The van der Waals surface area contributed by atoms with E-state index in [2.05, 4.69) is 0 Å². The monoisotopic (exact) mass is 251 g/mol. The Morgan fingerprint density at radius 2 is 1.65 bits per heavy atom. The highest BCUT2D eigenvalue weighted by molar-refractivity contribution is 5.85. The maximum Gasteiger partial charge on any atom is 0.269 e. The van der Waals surface area contributed by atoms with Crippen LogP contribution in [0.2, 0.25) is 0 Å². The summed E-state index contributed by atoms with van der Waals surface area (Å²) in [7, 11) is 0. The second-order valence-electron chi connectivity index (χ2n) is 3.47. The van der Waals surface area contributed by atoms with E-state index < -0.39 is 0 Å². The lowest BCUT2D eigenvalue weighted by Gasteiger charge is -1.97. The van der Waals surface area contributed by atoms with Crippen LogP contribution in [0.5, 0.6) is 0 Å². The Labute approximate surface area is 105 Å². The summed E-state index contributed by atoms with van der Waals surface area (Å²) in [6, 6.07) is 12.5. The van der Waals surface area contributed by atoms with Gasteiger partial charge in [-0.2, -0.15) is 0 Å². The van der Waals surface area contributed by atoms with Gasteiger partial charge in [0, 0.05) is 29.8 Å². The number of non-ortho nitro benzene ring substituents is 1. The molecular weight excluding hydrogens is 240 g/mol. The van der Waals surface area contributed by atoms with E-state index in [-0.39, 0.29) is 23.0 Å². The predicted octanol–water partition coefficient (Wildman–Crippen LogP) is 2.35. The second kappa shape index (κ2) is 5.96. The van der Waals surface area contributed by atoms with Crippen molar-refractivity contribution < 1.29 is 9.49 Å². The molecule has 0 amide bonds. The third-order valence-electron chi connectivity index (χ3n) is 2.29. The molecule has 0 atom stereocenters. The smallest absolute Gasteiger partial charge is 0.258 e. The Kier molecular flexibility index (Phi) is 4.60. The van der Waals surface area contributed by atoms with E-state index in [1.807, 2.05) is 35.2 Å². The number of aromatic nitrogens is 1. The number of nitro groups is 1. The summed E-state index contributed by atoms with van der Waals surface area (Å²) >= 11 is 0. The highest BCUT2D eigenvalue weighted by atomic mass is 35.5. The highest BCUT2D eigenvalue weighted by Gasteiger charge is 2.06. The normalized spacial score (nSPS) is 9.41. The quantitative estimate of drug-likeness (QED) is 0.478. The van der Waals surface area contributed by atoms with Crippen LogP contribution < -0.4 is 4.57 Å². The van der Waals surface area contributed by atoms with Gasteiger partial charge < -0.3 is 0 Å². The lowest BCUT2D eigenvalue weighted by molar-refractivity contribution is -0.688. The fourth-order valence-corrected chi connectivity index (χ4v) is 1.47. The maximum absolute atomic E-state index is 10.5. The van der Waals surface area contributed by atoms with Crippen LogP contribution in [0.1, 0.15) is 5.56 Å². The molecule has 0 saturated carbocycles. The summed E-state index contributed by atoms with van der Waals surface area (Å²) in [4.78, 5) is 10.1. The average Bonchev–Trinajstić information content (AvgIpc) is 2.31. The SMILES string of the molecule is Cl.O=[N+]([O-])c1ccc(C[n+]2ccccc2)cc1. The largest absolute Gasteiger partial charge is 0.269 e. The summed E-state index contributed by atoms with van der Waals surface area (Å²) in [5.74, 6) is 0. The number of nitro benzene ring substituents is 1. The van der Waals surface area contributed by atoms with Crippen molar-refractivity contribution in [2.24, 2.45) is 0 Å². The first-order valence-corrected chi connectivity index (χ1v) is 4.93. The molecule has 0 N–H and O–H groups in total. The molecule has 2 rings (SSSR count). The second-order valence-corrected chi connectivity index (χ2v) is 3.47. The van der Waals surface area contributed by atoms with Crippen molar-refractivity contribution >= 4 is 18.1 Å². The van der Waals surface area contributed by atoms with Crippen LogP contribution in [0.15, 0.2) is 54.9 Å².